The van der Waals surface area contributed by atoms with Crippen molar-refractivity contribution in [3.8, 4) is 0 Å². The van der Waals surface area contributed by atoms with Crippen molar-refractivity contribution in [2.45, 2.75) is 18.4 Å². The van der Waals surface area contributed by atoms with Crippen LogP contribution >= 0.6 is 0 Å². The van der Waals surface area contributed by atoms with E-state index in [4.69, 9.17) is 9.15 Å². The number of carbonyl (C=O) groups excluding carboxylic acids is 2. The van der Waals surface area contributed by atoms with Crippen molar-refractivity contribution in [2.75, 3.05) is 31.1 Å². The van der Waals surface area contributed by atoms with Crippen LogP contribution in [0.2, 0.25) is 0 Å². The molecule has 0 atom stereocenters. The number of benzene rings is 1. The smallest absolute Gasteiger partial charge is 0.289 e. The van der Waals surface area contributed by atoms with Crippen LogP contribution in [0.1, 0.15) is 23.4 Å². The van der Waals surface area contributed by atoms with Gasteiger partial charge in [0.05, 0.1) is 18.4 Å². The summed E-state index contributed by atoms with van der Waals surface area (Å²) in [6.07, 6.45) is 2.70. The number of rotatable bonds is 2. The Kier molecular flexibility index (Phi) is 4.24. The molecule has 2 fully saturated rings. The van der Waals surface area contributed by atoms with E-state index in [1.165, 1.54) is 18.4 Å². The van der Waals surface area contributed by atoms with Crippen LogP contribution in [-0.2, 0) is 9.53 Å². The van der Waals surface area contributed by atoms with Gasteiger partial charge in [0.15, 0.2) is 5.76 Å². The predicted molar refractivity (Wildman–Crippen MR) is 91.3 cm³/mol. The lowest BCUT2D eigenvalue weighted by Crippen LogP contribution is -2.59. The zero-order valence-corrected chi connectivity index (χ0v) is 14.2. The van der Waals surface area contributed by atoms with Gasteiger partial charge in [-0.2, -0.15) is 0 Å². The van der Waals surface area contributed by atoms with Crippen LogP contribution in [0.15, 0.2) is 47.1 Å². The molecule has 26 heavy (non-hydrogen) atoms. The number of ether oxygens (including phenoxy) is 1. The first-order valence-electron chi connectivity index (χ1n) is 8.59. The molecule has 0 aliphatic carbocycles. The molecular formula is C19H19FN2O4. The van der Waals surface area contributed by atoms with Crippen LogP contribution in [0, 0.1) is 5.82 Å². The van der Waals surface area contributed by atoms with Crippen molar-refractivity contribution in [3.63, 3.8) is 0 Å². The van der Waals surface area contributed by atoms with Gasteiger partial charge in [-0.05, 0) is 43.2 Å². The Labute approximate surface area is 150 Å². The lowest BCUT2D eigenvalue weighted by atomic mass is 9.89. The molecular weight excluding hydrogens is 339 g/mol. The second kappa shape index (κ2) is 6.57. The fourth-order valence-corrected chi connectivity index (χ4v) is 3.57. The molecule has 0 bridgehead atoms. The van der Waals surface area contributed by atoms with Gasteiger partial charge in [0.2, 0.25) is 0 Å². The second-order valence-corrected chi connectivity index (χ2v) is 6.70. The number of anilines is 1. The van der Waals surface area contributed by atoms with E-state index in [1.807, 2.05) is 0 Å². The summed E-state index contributed by atoms with van der Waals surface area (Å²) in [4.78, 5) is 28.0. The molecule has 2 aliphatic heterocycles. The number of piperidine rings is 1. The van der Waals surface area contributed by atoms with E-state index < -0.39 is 5.60 Å². The van der Waals surface area contributed by atoms with Gasteiger partial charge in [0, 0.05) is 18.8 Å². The standard InChI is InChI=1S/C19H19FN2O4/c20-14-3-1-4-15(11-14)22-13-19(26-12-17(22)23)6-8-21(9-7-19)18(24)16-5-2-10-25-16/h1-5,10-11H,6-9,12-13H2. The quantitative estimate of drug-likeness (QED) is 0.827. The van der Waals surface area contributed by atoms with Crippen LogP contribution in [0.3, 0.4) is 0 Å². The monoisotopic (exact) mass is 358 g/mol. The number of likely N-dealkylation sites (tertiary alicyclic amines) is 1. The minimum Gasteiger partial charge on any atom is -0.459 e. The molecule has 0 saturated carbocycles. The highest BCUT2D eigenvalue weighted by Crippen LogP contribution is 2.33. The fraction of sp³-hybridized carbons (Fsp3) is 0.368. The van der Waals surface area contributed by atoms with Crippen LogP contribution in [0.25, 0.3) is 0 Å². The molecule has 136 valence electrons. The number of furan rings is 1. The maximum atomic E-state index is 13.5. The average Bonchev–Trinajstić information content (AvgIpc) is 3.19. The summed E-state index contributed by atoms with van der Waals surface area (Å²) in [6, 6.07) is 9.34. The zero-order chi connectivity index (χ0) is 18.1. The first-order valence-corrected chi connectivity index (χ1v) is 8.59. The summed E-state index contributed by atoms with van der Waals surface area (Å²) >= 11 is 0. The maximum absolute atomic E-state index is 13.5. The van der Waals surface area contributed by atoms with E-state index in [0.717, 1.165) is 0 Å². The predicted octanol–water partition coefficient (Wildman–Crippen LogP) is 2.46. The second-order valence-electron chi connectivity index (χ2n) is 6.70. The number of hydrogen-bond donors (Lipinski definition) is 0. The van der Waals surface area contributed by atoms with E-state index in [1.54, 1.807) is 34.1 Å². The third-order valence-corrected chi connectivity index (χ3v) is 5.06. The number of halogens is 1. The third kappa shape index (κ3) is 3.10. The molecule has 3 heterocycles. The normalized spacial score (nSPS) is 19.8. The highest BCUT2D eigenvalue weighted by molar-refractivity contribution is 5.95. The molecule has 4 rings (SSSR count). The van der Waals surface area contributed by atoms with Crippen molar-refractivity contribution in [2.24, 2.45) is 0 Å². The zero-order valence-electron chi connectivity index (χ0n) is 14.2. The van der Waals surface area contributed by atoms with Crippen molar-refractivity contribution < 1.29 is 23.1 Å². The van der Waals surface area contributed by atoms with Gasteiger partial charge >= 0.3 is 0 Å². The Morgan fingerprint density at radius 3 is 2.65 bits per heavy atom. The van der Waals surface area contributed by atoms with Crippen LogP contribution < -0.4 is 4.90 Å². The topological polar surface area (TPSA) is 63.0 Å². The largest absolute Gasteiger partial charge is 0.459 e. The Bertz CT molecular complexity index is 813. The first kappa shape index (κ1) is 16.8. The van der Waals surface area contributed by atoms with Gasteiger partial charge in [-0.25, -0.2) is 4.39 Å². The molecule has 0 radical (unpaired) electrons. The molecule has 1 aromatic carbocycles. The van der Waals surface area contributed by atoms with Gasteiger partial charge < -0.3 is 19.0 Å². The Hall–Kier alpha value is -2.67. The molecule has 1 aromatic heterocycles. The average molecular weight is 358 g/mol. The molecule has 2 saturated heterocycles. The SMILES string of the molecule is O=C(c1ccco1)N1CCC2(CC1)CN(c1cccc(F)c1)C(=O)CO2. The Morgan fingerprint density at radius 2 is 1.96 bits per heavy atom. The van der Waals surface area contributed by atoms with Crippen molar-refractivity contribution >= 4 is 17.5 Å². The third-order valence-electron chi connectivity index (χ3n) is 5.06. The van der Waals surface area contributed by atoms with Gasteiger partial charge in [-0.3, -0.25) is 9.59 Å². The molecule has 1 spiro atoms. The first-order chi connectivity index (χ1) is 12.6. The minimum atomic E-state index is -0.514. The summed E-state index contributed by atoms with van der Waals surface area (Å²) in [5.41, 5.74) is 0.0203. The Balaban J connectivity index is 1.46. The number of nitrogens with zero attached hydrogens (tertiary/aromatic N) is 2. The fourth-order valence-electron chi connectivity index (χ4n) is 3.57. The van der Waals surface area contributed by atoms with Crippen molar-refractivity contribution in [1.29, 1.82) is 0 Å². The number of hydrogen-bond acceptors (Lipinski definition) is 4. The Morgan fingerprint density at radius 1 is 1.15 bits per heavy atom. The van der Waals surface area contributed by atoms with Crippen molar-refractivity contribution in [1.82, 2.24) is 4.90 Å². The molecule has 2 amide bonds. The molecule has 7 heteroatoms. The summed E-state index contributed by atoms with van der Waals surface area (Å²) in [6.45, 7) is 1.36. The summed E-state index contributed by atoms with van der Waals surface area (Å²) in [7, 11) is 0. The van der Waals surface area contributed by atoms with Gasteiger partial charge in [0.25, 0.3) is 11.8 Å². The maximum Gasteiger partial charge on any atom is 0.289 e. The molecule has 0 N–H and O–H groups in total. The van der Waals surface area contributed by atoms with Crippen LogP contribution in [0.4, 0.5) is 10.1 Å². The van der Waals surface area contributed by atoms with Crippen molar-refractivity contribution in [3.05, 3.63) is 54.2 Å². The summed E-state index contributed by atoms with van der Waals surface area (Å²) in [5.74, 6) is -0.383. The van der Waals surface area contributed by atoms with E-state index in [0.29, 0.717) is 43.9 Å². The van der Waals surface area contributed by atoms with Gasteiger partial charge in [-0.1, -0.05) is 6.07 Å². The minimum absolute atomic E-state index is 0.0390. The van der Waals surface area contributed by atoms with E-state index in [9.17, 15) is 14.0 Å². The van der Waals surface area contributed by atoms with E-state index in [-0.39, 0.29) is 24.2 Å². The highest BCUT2D eigenvalue weighted by Gasteiger charge is 2.43. The number of amides is 2. The summed E-state index contributed by atoms with van der Waals surface area (Å²) in [5, 5.41) is 0. The van der Waals surface area contributed by atoms with Gasteiger partial charge in [0.1, 0.15) is 12.4 Å². The highest BCUT2D eigenvalue weighted by atomic mass is 19.1. The molecule has 6 nitrogen and oxygen atoms in total. The molecule has 0 unspecified atom stereocenters. The lowest BCUT2D eigenvalue weighted by molar-refractivity contribution is -0.143. The van der Waals surface area contributed by atoms with Crippen LogP contribution in [-0.4, -0.2) is 48.6 Å². The van der Waals surface area contributed by atoms with Crippen LogP contribution in [0.5, 0.6) is 0 Å². The molecule has 2 aliphatic rings. The lowest BCUT2D eigenvalue weighted by Gasteiger charge is -2.46. The number of morpholine rings is 1. The van der Waals surface area contributed by atoms with E-state index in [2.05, 4.69) is 0 Å². The number of carbonyl (C=O) groups is 2. The van der Waals surface area contributed by atoms with Gasteiger partial charge in [-0.15, -0.1) is 0 Å². The summed E-state index contributed by atoms with van der Waals surface area (Å²) < 4.78 is 24.6. The molecule has 2 aromatic rings. The van der Waals surface area contributed by atoms with E-state index >= 15 is 0 Å².